The summed E-state index contributed by atoms with van der Waals surface area (Å²) in [6, 6.07) is 4.81. The highest BCUT2D eigenvalue weighted by Gasteiger charge is 2.30. The molecule has 0 aromatic heterocycles. The van der Waals surface area contributed by atoms with Gasteiger partial charge in [-0.05, 0) is 38.0 Å². The first-order valence-corrected chi connectivity index (χ1v) is 6.35. The van der Waals surface area contributed by atoms with E-state index in [-0.39, 0.29) is 18.5 Å². The molecule has 0 saturated carbocycles. The first kappa shape index (κ1) is 16.5. The lowest BCUT2D eigenvalue weighted by atomic mass is 10.0. The first-order valence-electron chi connectivity index (χ1n) is 6.35. The van der Waals surface area contributed by atoms with Crippen LogP contribution < -0.4 is 5.32 Å². The molecule has 3 nitrogen and oxygen atoms in total. The normalized spacial score (nSPS) is 14.8. The molecule has 0 amide bonds. The van der Waals surface area contributed by atoms with Gasteiger partial charge in [-0.25, -0.2) is 0 Å². The minimum absolute atomic E-state index is 0.0246. The molecule has 0 spiro atoms. The Hall–Kier alpha value is -1.56. The number of nitrogens with one attached hydrogen (secondary N) is 1. The summed E-state index contributed by atoms with van der Waals surface area (Å²) in [4.78, 5) is 10.5. The summed E-state index contributed by atoms with van der Waals surface area (Å²) in [7, 11) is 0. The van der Waals surface area contributed by atoms with Crippen LogP contribution in [0, 0.1) is 0 Å². The van der Waals surface area contributed by atoms with E-state index in [9.17, 15) is 18.0 Å². The summed E-state index contributed by atoms with van der Waals surface area (Å²) in [6.45, 7) is 3.68. The fourth-order valence-electron chi connectivity index (χ4n) is 1.91. The Morgan fingerprint density at radius 1 is 1.25 bits per heavy atom. The molecule has 2 atom stereocenters. The van der Waals surface area contributed by atoms with Crippen LogP contribution in [0.1, 0.15) is 43.9 Å². The summed E-state index contributed by atoms with van der Waals surface area (Å²) in [5.41, 5.74) is 0.0625. The highest BCUT2D eigenvalue weighted by molar-refractivity contribution is 5.66. The molecule has 0 bridgehead atoms. The van der Waals surface area contributed by atoms with Gasteiger partial charge in [0.2, 0.25) is 0 Å². The van der Waals surface area contributed by atoms with Crippen molar-refractivity contribution in [3.63, 3.8) is 0 Å². The first-order chi connectivity index (χ1) is 9.20. The molecule has 0 fully saturated rings. The van der Waals surface area contributed by atoms with E-state index in [1.165, 1.54) is 12.1 Å². The maximum absolute atomic E-state index is 12.4. The van der Waals surface area contributed by atoms with Gasteiger partial charge in [0.15, 0.2) is 0 Å². The van der Waals surface area contributed by atoms with Gasteiger partial charge in [-0.15, -0.1) is 0 Å². The summed E-state index contributed by atoms with van der Waals surface area (Å²) >= 11 is 0. The van der Waals surface area contributed by atoms with Gasteiger partial charge in [0, 0.05) is 18.5 Å². The van der Waals surface area contributed by atoms with E-state index in [1.807, 2.05) is 13.8 Å². The topological polar surface area (TPSA) is 49.3 Å². The lowest BCUT2D eigenvalue weighted by molar-refractivity contribution is -0.138. The minimum Gasteiger partial charge on any atom is -0.481 e. The molecule has 2 N–H and O–H groups in total. The van der Waals surface area contributed by atoms with E-state index in [0.29, 0.717) is 6.42 Å². The Morgan fingerprint density at radius 2 is 1.80 bits per heavy atom. The lowest BCUT2D eigenvalue weighted by Gasteiger charge is -2.20. The van der Waals surface area contributed by atoms with Crippen molar-refractivity contribution in [2.75, 3.05) is 0 Å². The van der Waals surface area contributed by atoms with Crippen LogP contribution in [0.5, 0.6) is 0 Å². The fraction of sp³-hybridized carbons (Fsp3) is 0.500. The van der Waals surface area contributed by atoms with Crippen molar-refractivity contribution in [2.24, 2.45) is 0 Å². The molecule has 1 rings (SSSR count). The van der Waals surface area contributed by atoms with Gasteiger partial charge >= 0.3 is 12.1 Å². The number of alkyl halides is 3. The van der Waals surface area contributed by atoms with Crippen molar-refractivity contribution in [3.8, 4) is 0 Å². The van der Waals surface area contributed by atoms with Crippen LogP contribution in [0.4, 0.5) is 13.2 Å². The van der Waals surface area contributed by atoms with Gasteiger partial charge in [0.1, 0.15) is 0 Å². The predicted molar refractivity (Wildman–Crippen MR) is 69.3 cm³/mol. The van der Waals surface area contributed by atoms with Crippen LogP contribution in [-0.4, -0.2) is 17.1 Å². The van der Waals surface area contributed by atoms with Crippen LogP contribution in [0.3, 0.4) is 0 Å². The highest BCUT2D eigenvalue weighted by atomic mass is 19.4. The van der Waals surface area contributed by atoms with E-state index in [4.69, 9.17) is 5.11 Å². The maximum Gasteiger partial charge on any atom is 0.416 e. The molecule has 20 heavy (non-hydrogen) atoms. The predicted octanol–water partition coefficient (Wildman–Crippen LogP) is 3.61. The second-order valence-corrected chi connectivity index (χ2v) is 4.84. The Morgan fingerprint density at radius 3 is 2.25 bits per heavy atom. The molecular formula is C14H18F3NO2. The molecule has 0 aliphatic carbocycles. The molecule has 6 heteroatoms. The van der Waals surface area contributed by atoms with Gasteiger partial charge in [-0.3, -0.25) is 4.79 Å². The van der Waals surface area contributed by atoms with Crippen LogP contribution in [0.2, 0.25) is 0 Å². The molecular weight excluding hydrogens is 271 g/mol. The van der Waals surface area contributed by atoms with Crippen LogP contribution in [0.25, 0.3) is 0 Å². The molecule has 0 aliphatic rings. The average Bonchev–Trinajstić information content (AvgIpc) is 2.35. The number of hydrogen-bond donors (Lipinski definition) is 2. The van der Waals surface area contributed by atoms with Crippen LogP contribution >= 0.6 is 0 Å². The Kier molecular flexibility index (Phi) is 5.56. The van der Waals surface area contributed by atoms with E-state index in [2.05, 4.69) is 5.32 Å². The van der Waals surface area contributed by atoms with E-state index >= 15 is 0 Å². The van der Waals surface area contributed by atoms with Crippen molar-refractivity contribution in [1.29, 1.82) is 0 Å². The van der Waals surface area contributed by atoms with Gasteiger partial charge in [-0.1, -0.05) is 12.1 Å². The standard InChI is InChI=1S/C14H18F3NO2/c1-9(3-8-13(19)20)18-10(2)11-4-6-12(7-5-11)14(15,16)17/h4-7,9-10,18H,3,8H2,1-2H3,(H,19,20). The van der Waals surface area contributed by atoms with E-state index in [1.54, 1.807) is 0 Å². The number of carboxylic acid groups (broad SMARTS) is 1. The summed E-state index contributed by atoms with van der Waals surface area (Å²) in [5.74, 6) is -0.860. The molecule has 1 aromatic carbocycles. The third kappa shape index (κ3) is 5.21. The average molecular weight is 289 g/mol. The quantitative estimate of drug-likeness (QED) is 0.841. The molecule has 0 radical (unpaired) electrons. The second kappa shape index (κ2) is 6.74. The largest absolute Gasteiger partial charge is 0.481 e. The summed E-state index contributed by atoms with van der Waals surface area (Å²) in [5, 5.41) is 11.8. The van der Waals surface area contributed by atoms with Gasteiger partial charge in [0.05, 0.1) is 5.56 Å². The van der Waals surface area contributed by atoms with Gasteiger partial charge in [-0.2, -0.15) is 13.2 Å². The molecule has 112 valence electrons. The zero-order valence-electron chi connectivity index (χ0n) is 11.4. The molecule has 0 aliphatic heterocycles. The fourth-order valence-corrected chi connectivity index (χ4v) is 1.91. The number of aliphatic carboxylic acids is 1. The Balaban J connectivity index is 2.59. The highest BCUT2D eigenvalue weighted by Crippen LogP contribution is 2.29. The van der Waals surface area contributed by atoms with Crippen LogP contribution in [0.15, 0.2) is 24.3 Å². The van der Waals surface area contributed by atoms with Crippen molar-refractivity contribution >= 4 is 5.97 Å². The third-order valence-electron chi connectivity index (χ3n) is 3.06. The molecule has 0 heterocycles. The SMILES string of the molecule is CC(CCC(=O)O)NC(C)c1ccc(C(F)(F)F)cc1. The third-order valence-corrected chi connectivity index (χ3v) is 3.06. The molecule has 1 aromatic rings. The van der Waals surface area contributed by atoms with E-state index in [0.717, 1.165) is 17.7 Å². The molecule has 2 unspecified atom stereocenters. The lowest BCUT2D eigenvalue weighted by Crippen LogP contribution is -2.29. The van der Waals surface area contributed by atoms with Crippen molar-refractivity contribution in [2.45, 2.75) is 44.9 Å². The number of carboxylic acids is 1. The van der Waals surface area contributed by atoms with Crippen LogP contribution in [-0.2, 0) is 11.0 Å². The Bertz CT molecular complexity index is 443. The minimum atomic E-state index is -4.33. The van der Waals surface area contributed by atoms with Crippen molar-refractivity contribution in [1.82, 2.24) is 5.32 Å². The Labute approximate surface area is 115 Å². The smallest absolute Gasteiger partial charge is 0.416 e. The second-order valence-electron chi connectivity index (χ2n) is 4.84. The molecule has 0 saturated heterocycles. The monoisotopic (exact) mass is 289 g/mol. The number of rotatable bonds is 6. The number of halogens is 3. The van der Waals surface area contributed by atoms with Crippen molar-refractivity contribution < 1.29 is 23.1 Å². The number of benzene rings is 1. The van der Waals surface area contributed by atoms with Gasteiger partial charge in [0.25, 0.3) is 0 Å². The summed E-state index contributed by atoms with van der Waals surface area (Å²) in [6.07, 6.45) is -3.79. The maximum atomic E-state index is 12.4. The van der Waals surface area contributed by atoms with E-state index < -0.39 is 17.7 Å². The zero-order valence-corrected chi connectivity index (χ0v) is 11.4. The number of carbonyl (C=O) groups is 1. The van der Waals surface area contributed by atoms with Crippen molar-refractivity contribution in [3.05, 3.63) is 35.4 Å². The summed E-state index contributed by atoms with van der Waals surface area (Å²) < 4.78 is 37.3. The zero-order chi connectivity index (χ0) is 15.3. The van der Waals surface area contributed by atoms with Gasteiger partial charge < -0.3 is 10.4 Å². The number of hydrogen-bond acceptors (Lipinski definition) is 2.